The Morgan fingerprint density at radius 3 is 2.50 bits per heavy atom. The molecule has 0 spiro atoms. The molecule has 22 heavy (non-hydrogen) atoms. The van der Waals surface area contributed by atoms with E-state index in [-0.39, 0.29) is 11.4 Å². The lowest BCUT2D eigenvalue weighted by Gasteiger charge is -2.31. The highest BCUT2D eigenvalue weighted by molar-refractivity contribution is 5.77. The zero-order chi connectivity index (χ0) is 15.3. The SMILES string of the molecule is O=C(CCC1CCNCC1)NC1(c2ccccc2)CCCC1. The second-order valence-electron chi connectivity index (χ2n) is 6.94. The number of piperidine rings is 1. The van der Waals surface area contributed by atoms with Gasteiger partial charge in [-0.25, -0.2) is 0 Å². The molecule has 3 heteroatoms. The molecule has 0 radical (unpaired) electrons. The summed E-state index contributed by atoms with van der Waals surface area (Å²) in [5, 5.41) is 6.78. The van der Waals surface area contributed by atoms with Gasteiger partial charge in [-0.3, -0.25) is 4.79 Å². The number of hydrogen-bond acceptors (Lipinski definition) is 2. The molecule has 0 atom stereocenters. The smallest absolute Gasteiger partial charge is 0.220 e. The van der Waals surface area contributed by atoms with Crippen molar-refractivity contribution < 1.29 is 4.79 Å². The summed E-state index contributed by atoms with van der Waals surface area (Å²) in [7, 11) is 0. The molecular weight excluding hydrogens is 272 g/mol. The quantitative estimate of drug-likeness (QED) is 0.875. The molecule has 1 heterocycles. The predicted octanol–water partition coefficient (Wildman–Crippen LogP) is 3.35. The van der Waals surface area contributed by atoms with E-state index in [0.717, 1.165) is 38.3 Å². The number of rotatable bonds is 5. The van der Waals surface area contributed by atoms with Crippen LogP contribution in [0.3, 0.4) is 0 Å². The van der Waals surface area contributed by atoms with E-state index in [0.29, 0.717) is 6.42 Å². The normalized spacial score (nSPS) is 21.6. The van der Waals surface area contributed by atoms with Crippen molar-refractivity contribution in [2.24, 2.45) is 5.92 Å². The predicted molar refractivity (Wildman–Crippen MR) is 89.6 cm³/mol. The van der Waals surface area contributed by atoms with Crippen LogP contribution < -0.4 is 10.6 Å². The van der Waals surface area contributed by atoms with Gasteiger partial charge in [0.15, 0.2) is 0 Å². The maximum Gasteiger partial charge on any atom is 0.220 e. The van der Waals surface area contributed by atoms with Gasteiger partial charge in [-0.05, 0) is 56.7 Å². The third-order valence-corrected chi connectivity index (χ3v) is 5.40. The molecule has 120 valence electrons. The van der Waals surface area contributed by atoms with Crippen LogP contribution in [0.2, 0.25) is 0 Å². The first-order valence-corrected chi connectivity index (χ1v) is 8.86. The van der Waals surface area contributed by atoms with Crippen molar-refractivity contribution in [3.8, 4) is 0 Å². The van der Waals surface area contributed by atoms with Gasteiger partial charge in [-0.15, -0.1) is 0 Å². The van der Waals surface area contributed by atoms with Gasteiger partial charge in [0.2, 0.25) is 5.91 Å². The number of benzene rings is 1. The van der Waals surface area contributed by atoms with Crippen LogP contribution in [0, 0.1) is 5.92 Å². The zero-order valence-electron chi connectivity index (χ0n) is 13.4. The van der Waals surface area contributed by atoms with E-state index in [1.54, 1.807) is 0 Å². The molecule has 0 unspecified atom stereocenters. The Morgan fingerprint density at radius 1 is 1.14 bits per heavy atom. The summed E-state index contributed by atoms with van der Waals surface area (Å²) in [6.07, 6.45) is 8.74. The van der Waals surface area contributed by atoms with Crippen molar-refractivity contribution in [3.63, 3.8) is 0 Å². The van der Waals surface area contributed by atoms with Gasteiger partial charge in [-0.1, -0.05) is 43.2 Å². The molecule has 3 rings (SSSR count). The largest absolute Gasteiger partial charge is 0.347 e. The lowest BCUT2D eigenvalue weighted by Crippen LogP contribution is -2.44. The third-order valence-electron chi connectivity index (χ3n) is 5.40. The van der Waals surface area contributed by atoms with Crippen LogP contribution in [-0.2, 0) is 10.3 Å². The lowest BCUT2D eigenvalue weighted by atomic mass is 9.87. The maximum atomic E-state index is 12.5. The van der Waals surface area contributed by atoms with Gasteiger partial charge in [-0.2, -0.15) is 0 Å². The van der Waals surface area contributed by atoms with Crippen LogP contribution in [-0.4, -0.2) is 19.0 Å². The highest BCUT2D eigenvalue weighted by Gasteiger charge is 2.36. The number of hydrogen-bond donors (Lipinski definition) is 2. The molecule has 1 aromatic rings. The van der Waals surface area contributed by atoms with Crippen LogP contribution in [0.25, 0.3) is 0 Å². The molecule has 1 aliphatic heterocycles. The fourth-order valence-corrected chi connectivity index (χ4v) is 4.06. The highest BCUT2D eigenvalue weighted by Crippen LogP contribution is 2.38. The molecule has 2 N–H and O–H groups in total. The summed E-state index contributed by atoms with van der Waals surface area (Å²) < 4.78 is 0. The molecule has 2 aliphatic rings. The minimum absolute atomic E-state index is 0.105. The van der Waals surface area contributed by atoms with Gasteiger partial charge in [0.05, 0.1) is 5.54 Å². The van der Waals surface area contributed by atoms with Gasteiger partial charge in [0.25, 0.3) is 0 Å². The topological polar surface area (TPSA) is 41.1 Å². The Labute approximate surface area is 133 Å². The molecule has 1 aliphatic carbocycles. The minimum Gasteiger partial charge on any atom is -0.347 e. The summed E-state index contributed by atoms with van der Waals surface area (Å²) in [6.45, 7) is 2.22. The van der Waals surface area contributed by atoms with Crippen LogP contribution in [0.4, 0.5) is 0 Å². The van der Waals surface area contributed by atoms with Crippen LogP contribution in [0.1, 0.15) is 56.9 Å². The highest BCUT2D eigenvalue weighted by atomic mass is 16.1. The Bertz CT molecular complexity index is 473. The molecule has 1 aromatic carbocycles. The number of carbonyl (C=O) groups excluding carboxylic acids is 1. The Morgan fingerprint density at radius 2 is 1.82 bits per heavy atom. The van der Waals surface area contributed by atoms with Gasteiger partial charge in [0.1, 0.15) is 0 Å². The molecule has 1 saturated heterocycles. The van der Waals surface area contributed by atoms with Crippen molar-refractivity contribution >= 4 is 5.91 Å². The summed E-state index contributed by atoms with van der Waals surface area (Å²) >= 11 is 0. The van der Waals surface area contributed by atoms with Crippen LogP contribution in [0.5, 0.6) is 0 Å². The summed E-state index contributed by atoms with van der Waals surface area (Å²) in [5.41, 5.74) is 1.18. The van der Waals surface area contributed by atoms with Crippen LogP contribution >= 0.6 is 0 Å². The fourth-order valence-electron chi connectivity index (χ4n) is 4.06. The average molecular weight is 300 g/mol. The monoisotopic (exact) mass is 300 g/mol. The Hall–Kier alpha value is -1.35. The molecule has 1 saturated carbocycles. The van der Waals surface area contributed by atoms with Crippen molar-refractivity contribution in [2.45, 2.75) is 56.9 Å². The summed E-state index contributed by atoms with van der Waals surface area (Å²) in [5.74, 6) is 0.965. The first-order chi connectivity index (χ1) is 10.8. The first-order valence-electron chi connectivity index (χ1n) is 8.86. The first kappa shape index (κ1) is 15.5. The second-order valence-corrected chi connectivity index (χ2v) is 6.94. The van der Waals surface area contributed by atoms with E-state index in [2.05, 4.69) is 34.9 Å². The fraction of sp³-hybridized carbons (Fsp3) is 0.632. The average Bonchev–Trinajstić information content (AvgIpc) is 3.04. The molecule has 1 amide bonds. The van der Waals surface area contributed by atoms with Crippen molar-refractivity contribution in [1.82, 2.24) is 10.6 Å². The lowest BCUT2D eigenvalue weighted by molar-refractivity contribution is -0.123. The van der Waals surface area contributed by atoms with Crippen molar-refractivity contribution in [3.05, 3.63) is 35.9 Å². The van der Waals surface area contributed by atoms with Crippen molar-refractivity contribution in [1.29, 1.82) is 0 Å². The minimum atomic E-state index is -0.105. The van der Waals surface area contributed by atoms with Gasteiger partial charge in [0, 0.05) is 6.42 Å². The zero-order valence-corrected chi connectivity index (χ0v) is 13.4. The van der Waals surface area contributed by atoms with Gasteiger partial charge >= 0.3 is 0 Å². The third kappa shape index (κ3) is 3.70. The Balaban J connectivity index is 1.58. The molecular formula is C19H28N2O. The molecule has 0 bridgehead atoms. The van der Waals surface area contributed by atoms with Gasteiger partial charge < -0.3 is 10.6 Å². The van der Waals surface area contributed by atoms with E-state index in [1.807, 2.05) is 6.07 Å². The standard InChI is InChI=1S/C19H28N2O/c22-18(9-8-16-10-14-20-15-11-16)21-19(12-4-5-13-19)17-6-2-1-3-7-17/h1-3,6-7,16,20H,4-5,8-15H2,(H,21,22). The molecule has 3 nitrogen and oxygen atoms in total. The molecule has 2 fully saturated rings. The molecule has 0 aromatic heterocycles. The number of carbonyl (C=O) groups is 1. The summed E-state index contributed by atoms with van der Waals surface area (Å²) in [4.78, 5) is 12.5. The van der Waals surface area contributed by atoms with E-state index < -0.39 is 0 Å². The maximum absolute atomic E-state index is 12.5. The van der Waals surface area contributed by atoms with Crippen molar-refractivity contribution in [2.75, 3.05) is 13.1 Å². The second kappa shape index (κ2) is 7.28. The van der Waals surface area contributed by atoms with E-state index in [9.17, 15) is 4.79 Å². The number of nitrogens with one attached hydrogen (secondary N) is 2. The van der Waals surface area contributed by atoms with E-state index >= 15 is 0 Å². The Kier molecular flexibility index (Phi) is 5.14. The van der Waals surface area contributed by atoms with E-state index in [4.69, 9.17) is 0 Å². The number of amides is 1. The van der Waals surface area contributed by atoms with Crippen LogP contribution in [0.15, 0.2) is 30.3 Å². The van der Waals surface area contributed by atoms with E-state index in [1.165, 1.54) is 31.2 Å². The summed E-state index contributed by atoms with van der Waals surface area (Å²) in [6, 6.07) is 10.5.